The highest BCUT2D eigenvalue weighted by Crippen LogP contribution is 2.34. The Labute approximate surface area is 190 Å². The summed E-state index contributed by atoms with van der Waals surface area (Å²) in [4.78, 5) is 39.3. The predicted molar refractivity (Wildman–Crippen MR) is 124 cm³/mol. The Hall–Kier alpha value is -3.15. The van der Waals surface area contributed by atoms with Gasteiger partial charge in [-0.15, -0.1) is 4.68 Å². The van der Waals surface area contributed by atoms with E-state index in [1.165, 1.54) is 13.3 Å². The second kappa shape index (κ2) is 9.77. The number of methoxy groups -OCH3 is 1. The van der Waals surface area contributed by atoms with E-state index in [-0.39, 0.29) is 6.61 Å². The van der Waals surface area contributed by atoms with Gasteiger partial charge in [-0.1, -0.05) is 12.1 Å². The third-order valence-electron chi connectivity index (χ3n) is 4.27. The first-order chi connectivity index (χ1) is 14.8. The summed E-state index contributed by atoms with van der Waals surface area (Å²) in [6.07, 6.45) is 0.547. The molecule has 0 spiro atoms. The molecule has 0 aliphatic rings. The van der Waals surface area contributed by atoms with Crippen LogP contribution < -0.4 is 20.7 Å². The summed E-state index contributed by atoms with van der Waals surface area (Å²) >= 11 is 2.04. The van der Waals surface area contributed by atoms with Gasteiger partial charge in [0, 0.05) is 0 Å². The number of nitrogens with one attached hydrogen (secondary N) is 1. The van der Waals surface area contributed by atoms with Crippen molar-refractivity contribution < 1.29 is 19.0 Å². The van der Waals surface area contributed by atoms with Crippen LogP contribution in [0.5, 0.6) is 11.5 Å². The van der Waals surface area contributed by atoms with Crippen LogP contribution in [0, 0.1) is 3.57 Å². The normalized spacial score (nSPS) is 12.1. The van der Waals surface area contributed by atoms with Gasteiger partial charge in [0.25, 0.3) is 5.56 Å². The highest BCUT2D eigenvalue weighted by Gasteiger charge is 2.20. The lowest BCUT2D eigenvalue weighted by atomic mass is 10.2. The summed E-state index contributed by atoms with van der Waals surface area (Å²) in [6.45, 7) is 3.56. The molecule has 0 radical (unpaired) electrons. The number of carbonyl (C=O) groups is 1. The van der Waals surface area contributed by atoms with Gasteiger partial charge in [-0.2, -0.15) is 5.10 Å². The van der Waals surface area contributed by atoms with Crippen molar-refractivity contribution in [2.75, 3.05) is 13.7 Å². The van der Waals surface area contributed by atoms with Crippen molar-refractivity contribution in [3.63, 3.8) is 0 Å². The van der Waals surface area contributed by atoms with Crippen LogP contribution in [0.2, 0.25) is 0 Å². The second-order valence-electron chi connectivity index (χ2n) is 6.38. The van der Waals surface area contributed by atoms with Gasteiger partial charge in [-0.3, -0.25) is 4.79 Å². The lowest BCUT2D eigenvalue weighted by Crippen LogP contribution is -2.32. The molecule has 1 N–H and O–H groups in total. The molecular weight excluding hydrogens is 517 g/mol. The average Bonchev–Trinajstić information content (AvgIpc) is 2.75. The van der Waals surface area contributed by atoms with Crippen molar-refractivity contribution in [1.29, 1.82) is 0 Å². The zero-order valence-electron chi connectivity index (χ0n) is 17.0. The maximum Gasteiger partial charge on any atom is 0.349 e. The zero-order chi connectivity index (χ0) is 22.5. The predicted octanol–water partition coefficient (Wildman–Crippen LogP) is 2.52. The third kappa shape index (κ3) is 4.95. The number of hydrogen-bond acceptors (Lipinski definition) is 7. The molecule has 3 rings (SSSR count). The number of para-hydroxylation sites is 1. The van der Waals surface area contributed by atoms with Gasteiger partial charge in [0.1, 0.15) is 0 Å². The van der Waals surface area contributed by atoms with Crippen molar-refractivity contribution in [1.82, 2.24) is 9.66 Å². The maximum atomic E-state index is 12.6. The summed E-state index contributed by atoms with van der Waals surface area (Å²) in [5.41, 5.74) is -0.167. The number of esters is 1. The van der Waals surface area contributed by atoms with Gasteiger partial charge in [-0.25, -0.2) is 9.59 Å². The number of halogens is 1. The van der Waals surface area contributed by atoms with Crippen LogP contribution >= 0.6 is 22.6 Å². The van der Waals surface area contributed by atoms with E-state index in [0.717, 1.165) is 4.68 Å². The van der Waals surface area contributed by atoms with Crippen molar-refractivity contribution in [2.45, 2.75) is 20.0 Å². The van der Waals surface area contributed by atoms with E-state index < -0.39 is 23.3 Å². The van der Waals surface area contributed by atoms with E-state index in [2.05, 4.69) is 10.1 Å². The zero-order valence-corrected chi connectivity index (χ0v) is 19.2. The molecule has 1 aromatic heterocycles. The first kappa shape index (κ1) is 22.5. The molecular formula is C21H20IN3O6. The molecule has 0 fully saturated rings. The molecule has 9 nitrogen and oxygen atoms in total. The molecule has 10 heteroatoms. The van der Waals surface area contributed by atoms with Gasteiger partial charge >= 0.3 is 11.7 Å². The van der Waals surface area contributed by atoms with Crippen LogP contribution in [-0.2, 0) is 9.53 Å². The summed E-state index contributed by atoms with van der Waals surface area (Å²) < 4.78 is 17.5. The number of nitrogens with zero attached hydrogens (tertiary/aromatic N) is 2. The second-order valence-corrected chi connectivity index (χ2v) is 7.55. The summed E-state index contributed by atoms with van der Waals surface area (Å²) in [7, 11) is 1.47. The molecule has 0 amide bonds. The standard InChI is InChI=1S/C21H20IN3O6/c1-4-30-20(27)12(2)31-18-15(22)9-13(10-17(18)29-3)11-23-25-19(26)14-7-5-6-8-16(14)24-21(25)28/h5-12H,4H2,1-3H3,(H,24,28)/t12-/m0/s1. The number of benzene rings is 2. The van der Waals surface area contributed by atoms with Crippen molar-refractivity contribution >= 4 is 45.7 Å². The van der Waals surface area contributed by atoms with Gasteiger partial charge < -0.3 is 19.2 Å². The highest BCUT2D eigenvalue weighted by atomic mass is 127. The topological polar surface area (TPSA) is 112 Å². The number of hydrogen-bond donors (Lipinski definition) is 1. The van der Waals surface area contributed by atoms with Crippen LogP contribution in [0.15, 0.2) is 51.1 Å². The van der Waals surface area contributed by atoms with E-state index in [4.69, 9.17) is 14.2 Å². The Morgan fingerprint density at radius 2 is 2.03 bits per heavy atom. The average molecular weight is 537 g/mol. The number of aromatic nitrogens is 2. The lowest BCUT2D eigenvalue weighted by molar-refractivity contribution is -0.150. The number of H-pyrrole nitrogens is 1. The molecule has 162 valence electrons. The van der Waals surface area contributed by atoms with Crippen LogP contribution in [0.1, 0.15) is 19.4 Å². The quantitative estimate of drug-likeness (QED) is 0.282. The Balaban J connectivity index is 1.95. The molecule has 0 saturated heterocycles. The molecule has 0 unspecified atom stereocenters. The van der Waals surface area contributed by atoms with Crippen molar-refractivity contribution in [3.05, 3.63) is 66.4 Å². The van der Waals surface area contributed by atoms with Gasteiger partial charge in [0.2, 0.25) is 0 Å². The van der Waals surface area contributed by atoms with Crippen molar-refractivity contribution in [3.8, 4) is 11.5 Å². The minimum Gasteiger partial charge on any atom is -0.493 e. The maximum absolute atomic E-state index is 12.6. The first-order valence-corrected chi connectivity index (χ1v) is 10.4. The molecule has 1 heterocycles. The van der Waals surface area contributed by atoms with E-state index in [9.17, 15) is 14.4 Å². The van der Waals surface area contributed by atoms with E-state index >= 15 is 0 Å². The third-order valence-corrected chi connectivity index (χ3v) is 5.07. The summed E-state index contributed by atoms with van der Waals surface area (Å²) in [5.74, 6) is 0.256. The molecule has 0 aliphatic heterocycles. The van der Waals surface area contributed by atoms with E-state index in [1.54, 1.807) is 50.2 Å². The van der Waals surface area contributed by atoms with Crippen LogP contribution in [0.25, 0.3) is 10.9 Å². The Bertz CT molecular complexity index is 1260. The minimum atomic E-state index is -0.823. The first-order valence-electron chi connectivity index (χ1n) is 9.35. The molecule has 0 aliphatic carbocycles. The van der Waals surface area contributed by atoms with Crippen molar-refractivity contribution in [2.24, 2.45) is 5.10 Å². The molecule has 0 saturated carbocycles. The fraction of sp³-hybridized carbons (Fsp3) is 0.238. The molecule has 3 aromatic rings. The molecule has 0 bridgehead atoms. The molecule has 2 aromatic carbocycles. The van der Waals surface area contributed by atoms with Gasteiger partial charge in [0.05, 0.1) is 34.4 Å². The minimum absolute atomic E-state index is 0.253. The van der Waals surface area contributed by atoms with Crippen LogP contribution in [0.4, 0.5) is 0 Å². The number of rotatable bonds is 7. The Kier molecular flexibility index (Phi) is 7.10. The summed E-state index contributed by atoms with van der Waals surface area (Å²) in [5, 5.41) is 4.40. The Morgan fingerprint density at radius 1 is 1.29 bits per heavy atom. The van der Waals surface area contributed by atoms with E-state index in [0.29, 0.717) is 31.5 Å². The van der Waals surface area contributed by atoms with Crippen LogP contribution in [-0.4, -0.2) is 41.7 Å². The number of fused-ring (bicyclic) bond motifs is 1. The smallest absolute Gasteiger partial charge is 0.349 e. The SMILES string of the molecule is CCOC(=O)[C@H](C)Oc1c(I)cc(C=Nn2c(=O)[nH]c3ccccc3c2=O)cc1OC. The van der Waals surface area contributed by atoms with Gasteiger partial charge in [0.15, 0.2) is 17.6 Å². The fourth-order valence-electron chi connectivity index (χ4n) is 2.80. The summed E-state index contributed by atoms with van der Waals surface area (Å²) in [6, 6.07) is 10.0. The molecule has 31 heavy (non-hydrogen) atoms. The number of ether oxygens (including phenoxy) is 3. The molecule has 1 atom stereocenters. The largest absolute Gasteiger partial charge is 0.493 e. The monoisotopic (exact) mass is 537 g/mol. The van der Waals surface area contributed by atoms with E-state index in [1.807, 2.05) is 22.6 Å². The fourth-order valence-corrected chi connectivity index (χ4v) is 3.55. The van der Waals surface area contributed by atoms with Crippen LogP contribution in [0.3, 0.4) is 0 Å². The highest BCUT2D eigenvalue weighted by molar-refractivity contribution is 14.1. The number of aromatic amines is 1. The lowest BCUT2D eigenvalue weighted by Gasteiger charge is -2.17. The van der Waals surface area contributed by atoms with Gasteiger partial charge in [-0.05, 0) is 66.3 Å². The Morgan fingerprint density at radius 3 is 2.74 bits per heavy atom. The number of carbonyl (C=O) groups excluding carboxylic acids is 1.